The number of amides is 1. The fourth-order valence-electron chi connectivity index (χ4n) is 3.90. The highest BCUT2D eigenvalue weighted by Gasteiger charge is 2.47. The maximum Gasteiger partial charge on any atom is 0.330 e. The summed E-state index contributed by atoms with van der Waals surface area (Å²) in [6, 6.07) is 8.72. The maximum atomic E-state index is 13.2. The van der Waals surface area contributed by atoms with E-state index in [0.29, 0.717) is 26.9 Å². The Kier molecular flexibility index (Phi) is 5.21. The summed E-state index contributed by atoms with van der Waals surface area (Å²) in [4.78, 5) is 25.4. The summed E-state index contributed by atoms with van der Waals surface area (Å²) in [5.74, 6) is -1.06. The highest BCUT2D eigenvalue weighted by Crippen LogP contribution is 2.39. The van der Waals surface area contributed by atoms with Crippen LogP contribution < -0.4 is 10.1 Å². The fourth-order valence-corrected chi connectivity index (χ4v) is 4.33. The van der Waals surface area contributed by atoms with Crippen molar-refractivity contribution in [2.24, 2.45) is 0 Å². The normalized spacial score (nSPS) is 20.7. The number of rotatable bonds is 5. The van der Waals surface area contributed by atoms with Gasteiger partial charge < -0.3 is 15.2 Å². The summed E-state index contributed by atoms with van der Waals surface area (Å²) < 4.78 is 6.04. The Hall–Kier alpha value is -2.24. The van der Waals surface area contributed by atoms with E-state index in [9.17, 15) is 14.7 Å². The minimum atomic E-state index is -1.48. The molecule has 1 atom stereocenters. The summed E-state index contributed by atoms with van der Waals surface area (Å²) in [5.41, 5.74) is 1.15. The first-order valence-electron chi connectivity index (χ1n) is 9.59. The summed E-state index contributed by atoms with van der Waals surface area (Å²) in [5, 5.41) is 13.5. The fraction of sp³-hybridized carbons (Fsp3) is 0.364. The number of carbonyl (C=O) groups excluding carboxylic acids is 1. The van der Waals surface area contributed by atoms with Crippen molar-refractivity contribution >= 4 is 35.1 Å². The van der Waals surface area contributed by atoms with Crippen LogP contribution in [0.2, 0.25) is 10.0 Å². The number of para-hydroxylation sites is 1. The van der Waals surface area contributed by atoms with Gasteiger partial charge in [0.1, 0.15) is 11.3 Å². The Morgan fingerprint density at radius 1 is 1.17 bits per heavy atom. The topological polar surface area (TPSA) is 75.6 Å². The number of carbonyl (C=O) groups is 2. The maximum absolute atomic E-state index is 13.2. The van der Waals surface area contributed by atoms with Crippen molar-refractivity contribution in [3.63, 3.8) is 0 Å². The van der Waals surface area contributed by atoms with Crippen LogP contribution in [0.3, 0.4) is 0 Å². The molecule has 29 heavy (non-hydrogen) atoms. The molecule has 1 amide bonds. The third-order valence-electron chi connectivity index (χ3n) is 5.82. The molecule has 1 saturated carbocycles. The molecule has 2 aliphatic carbocycles. The van der Waals surface area contributed by atoms with Gasteiger partial charge in [0.25, 0.3) is 5.91 Å². The van der Waals surface area contributed by atoms with Crippen molar-refractivity contribution in [2.45, 2.75) is 50.7 Å². The van der Waals surface area contributed by atoms with Crippen molar-refractivity contribution in [3.05, 3.63) is 62.6 Å². The Morgan fingerprint density at radius 2 is 1.93 bits per heavy atom. The zero-order valence-electron chi connectivity index (χ0n) is 15.9. The van der Waals surface area contributed by atoms with E-state index in [4.69, 9.17) is 27.9 Å². The van der Waals surface area contributed by atoms with Gasteiger partial charge in [-0.15, -0.1) is 0 Å². The molecule has 0 spiro atoms. The largest absolute Gasteiger partial charge is 0.489 e. The van der Waals surface area contributed by atoms with Gasteiger partial charge in [-0.2, -0.15) is 0 Å². The molecule has 2 aliphatic rings. The molecular weight excluding hydrogens is 413 g/mol. The SMILES string of the molecule is Cc1cccc(C(=O)NC2(C(=O)O)Cc3ccc(Cl)c(Cl)c3C2)c1OC1CCC1. The molecule has 0 aliphatic heterocycles. The Balaban J connectivity index is 1.64. The van der Waals surface area contributed by atoms with E-state index in [1.807, 2.05) is 13.0 Å². The molecular formula is C22H21Cl2NO4. The van der Waals surface area contributed by atoms with Crippen LogP contribution in [0.25, 0.3) is 0 Å². The van der Waals surface area contributed by atoms with Crippen molar-refractivity contribution in [3.8, 4) is 5.75 Å². The molecule has 152 valence electrons. The summed E-state index contributed by atoms with van der Waals surface area (Å²) >= 11 is 12.4. The van der Waals surface area contributed by atoms with Crippen LogP contribution >= 0.6 is 23.2 Å². The minimum Gasteiger partial charge on any atom is -0.489 e. The lowest BCUT2D eigenvalue weighted by atomic mass is 9.94. The molecule has 0 radical (unpaired) electrons. The number of ether oxygens (including phenoxy) is 1. The smallest absolute Gasteiger partial charge is 0.330 e. The van der Waals surface area contributed by atoms with Crippen molar-refractivity contribution in [1.82, 2.24) is 5.32 Å². The molecule has 0 saturated heterocycles. The van der Waals surface area contributed by atoms with Gasteiger partial charge >= 0.3 is 5.97 Å². The number of aliphatic carboxylic acids is 1. The first-order chi connectivity index (χ1) is 13.8. The standard InChI is InChI=1S/C22H21Cl2NO4/c1-12-4-2-7-15(19(12)29-14-5-3-6-14)20(26)25-22(21(27)28)10-13-8-9-17(23)18(24)16(13)11-22/h2,4,7-9,14H,3,5-6,10-11H2,1H3,(H,25,26)(H,27,28). The van der Waals surface area contributed by atoms with Crippen LogP contribution in [0.15, 0.2) is 30.3 Å². The minimum absolute atomic E-state index is 0.0768. The molecule has 2 aromatic carbocycles. The van der Waals surface area contributed by atoms with E-state index in [2.05, 4.69) is 5.32 Å². The van der Waals surface area contributed by atoms with E-state index >= 15 is 0 Å². The third kappa shape index (κ3) is 3.58. The number of halogens is 2. The van der Waals surface area contributed by atoms with E-state index in [1.165, 1.54) is 0 Å². The van der Waals surface area contributed by atoms with Crippen LogP contribution in [0.4, 0.5) is 0 Å². The van der Waals surface area contributed by atoms with E-state index in [1.54, 1.807) is 24.3 Å². The molecule has 7 heteroatoms. The monoisotopic (exact) mass is 433 g/mol. The summed E-state index contributed by atoms with van der Waals surface area (Å²) in [6.07, 6.45) is 3.36. The number of carboxylic acid groups (broad SMARTS) is 1. The zero-order valence-corrected chi connectivity index (χ0v) is 17.4. The molecule has 2 aromatic rings. The van der Waals surface area contributed by atoms with Gasteiger partial charge in [0.2, 0.25) is 0 Å². The molecule has 4 rings (SSSR count). The van der Waals surface area contributed by atoms with Gasteiger partial charge in [-0.25, -0.2) is 4.79 Å². The van der Waals surface area contributed by atoms with E-state index in [0.717, 1.165) is 30.4 Å². The van der Waals surface area contributed by atoms with Crippen LogP contribution in [0.5, 0.6) is 5.75 Å². The Labute approximate surface area is 179 Å². The summed E-state index contributed by atoms with van der Waals surface area (Å²) in [6.45, 7) is 1.88. The van der Waals surface area contributed by atoms with E-state index < -0.39 is 17.4 Å². The van der Waals surface area contributed by atoms with Gasteiger partial charge in [0.15, 0.2) is 0 Å². The van der Waals surface area contributed by atoms with Gasteiger partial charge in [-0.3, -0.25) is 4.79 Å². The van der Waals surface area contributed by atoms with Crippen LogP contribution in [-0.2, 0) is 17.6 Å². The molecule has 5 nitrogen and oxygen atoms in total. The van der Waals surface area contributed by atoms with Gasteiger partial charge in [0.05, 0.1) is 21.7 Å². The van der Waals surface area contributed by atoms with Crippen molar-refractivity contribution in [2.75, 3.05) is 0 Å². The number of carboxylic acids is 1. The van der Waals surface area contributed by atoms with Crippen LogP contribution in [0, 0.1) is 6.92 Å². The predicted molar refractivity (Wildman–Crippen MR) is 111 cm³/mol. The highest BCUT2D eigenvalue weighted by atomic mass is 35.5. The average Bonchev–Trinajstić information content (AvgIpc) is 3.02. The highest BCUT2D eigenvalue weighted by molar-refractivity contribution is 6.42. The zero-order chi connectivity index (χ0) is 20.8. The van der Waals surface area contributed by atoms with Crippen molar-refractivity contribution < 1.29 is 19.4 Å². The second-order valence-corrected chi connectivity index (χ2v) is 8.60. The number of fused-ring (bicyclic) bond motifs is 1. The molecule has 2 N–H and O–H groups in total. The van der Waals surface area contributed by atoms with E-state index in [-0.39, 0.29) is 18.9 Å². The van der Waals surface area contributed by atoms with Crippen molar-refractivity contribution in [1.29, 1.82) is 0 Å². The van der Waals surface area contributed by atoms with Crippen LogP contribution in [0.1, 0.15) is 46.3 Å². The Morgan fingerprint density at radius 3 is 2.59 bits per heavy atom. The number of aryl methyl sites for hydroxylation is 1. The van der Waals surface area contributed by atoms with Gasteiger partial charge in [0, 0.05) is 12.8 Å². The number of hydrogen-bond acceptors (Lipinski definition) is 3. The number of hydrogen-bond donors (Lipinski definition) is 2. The molecule has 1 fully saturated rings. The lowest BCUT2D eigenvalue weighted by Gasteiger charge is -2.29. The van der Waals surface area contributed by atoms with Crippen LogP contribution in [-0.4, -0.2) is 28.6 Å². The molecule has 1 unspecified atom stereocenters. The molecule has 0 aromatic heterocycles. The average molecular weight is 434 g/mol. The van der Waals surface area contributed by atoms with Gasteiger partial charge in [-0.1, -0.05) is 41.4 Å². The Bertz CT molecular complexity index is 1000. The molecule has 0 bridgehead atoms. The third-order valence-corrected chi connectivity index (χ3v) is 6.66. The van der Waals surface area contributed by atoms with Gasteiger partial charge in [-0.05, 0) is 55.0 Å². The number of nitrogens with one attached hydrogen (secondary N) is 1. The quantitative estimate of drug-likeness (QED) is 0.722. The predicted octanol–water partition coefficient (Wildman–Crippen LogP) is 4.59. The number of benzene rings is 2. The second kappa shape index (κ2) is 7.54. The lowest BCUT2D eigenvalue weighted by molar-refractivity contribution is -0.144. The second-order valence-electron chi connectivity index (χ2n) is 7.82. The molecule has 0 heterocycles. The first-order valence-corrected chi connectivity index (χ1v) is 10.3. The first kappa shape index (κ1) is 20.0. The lowest BCUT2D eigenvalue weighted by Crippen LogP contribution is -2.55. The summed E-state index contributed by atoms with van der Waals surface area (Å²) in [7, 11) is 0.